The van der Waals surface area contributed by atoms with Crippen LogP contribution in [0.1, 0.15) is 43.9 Å². The fraction of sp³-hybridized carbons (Fsp3) is 0.429. The molecule has 1 aromatic carbocycles. The monoisotopic (exact) mass is 204 g/mol. The van der Waals surface area contributed by atoms with Crippen LogP contribution in [0, 0.1) is 0 Å². The van der Waals surface area contributed by atoms with Crippen molar-refractivity contribution in [3.05, 3.63) is 35.4 Å². The van der Waals surface area contributed by atoms with Gasteiger partial charge in [0.2, 0.25) is 0 Å². The Bertz CT molecular complexity index is 364. The molecule has 0 saturated heterocycles. The molecule has 0 aliphatic rings. The first-order valence-corrected chi connectivity index (χ1v) is 5.66. The maximum atomic E-state index is 9.77. The third-order valence-electron chi connectivity index (χ3n) is 2.87. The molecule has 82 valence electrons. The molecule has 0 unspecified atom stereocenters. The normalized spacial score (nSPS) is 10.3. The molecule has 0 bridgehead atoms. The first-order valence-electron chi connectivity index (χ1n) is 5.66. The number of hydrogen-bond donors (Lipinski definition) is 1. The van der Waals surface area contributed by atoms with Crippen molar-refractivity contribution >= 4 is 5.57 Å². The van der Waals surface area contributed by atoms with Gasteiger partial charge in [-0.3, -0.25) is 0 Å². The summed E-state index contributed by atoms with van der Waals surface area (Å²) in [5.74, 6) is 0.419. The van der Waals surface area contributed by atoms with Gasteiger partial charge >= 0.3 is 0 Å². The fourth-order valence-electron chi connectivity index (χ4n) is 1.77. The van der Waals surface area contributed by atoms with E-state index >= 15 is 0 Å². The Morgan fingerprint density at radius 1 is 1.13 bits per heavy atom. The molecule has 0 heterocycles. The highest BCUT2D eigenvalue weighted by atomic mass is 16.3. The van der Waals surface area contributed by atoms with Crippen LogP contribution in [-0.2, 0) is 12.8 Å². The third kappa shape index (κ3) is 2.41. The number of benzene rings is 1. The molecule has 0 fully saturated rings. The summed E-state index contributed by atoms with van der Waals surface area (Å²) >= 11 is 0. The molecule has 0 atom stereocenters. The number of hydrogen-bond acceptors (Lipinski definition) is 1. The molecule has 0 amide bonds. The molecular weight excluding hydrogens is 184 g/mol. The van der Waals surface area contributed by atoms with Crippen LogP contribution in [0.5, 0.6) is 5.75 Å². The molecule has 1 aromatic rings. The average Bonchev–Trinajstić information content (AvgIpc) is 2.27. The van der Waals surface area contributed by atoms with Crippen molar-refractivity contribution < 1.29 is 5.11 Å². The van der Waals surface area contributed by atoms with E-state index in [2.05, 4.69) is 33.4 Å². The van der Waals surface area contributed by atoms with E-state index in [1.807, 2.05) is 6.07 Å². The number of aryl methyl sites for hydroxylation is 2. The first kappa shape index (κ1) is 11.8. The summed E-state index contributed by atoms with van der Waals surface area (Å²) < 4.78 is 0. The smallest absolute Gasteiger partial charge is 0.119 e. The zero-order valence-corrected chi connectivity index (χ0v) is 9.93. The summed E-state index contributed by atoms with van der Waals surface area (Å²) in [4.78, 5) is 0. The minimum atomic E-state index is 0.419. The predicted octanol–water partition coefficient (Wildman–Crippen LogP) is 3.94. The summed E-state index contributed by atoms with van der Waals surface area (Å²) in [6.07, 6.45) is 2.76. The van der Waals surface area contributed by atoms with E-state index in [1.165, 1.54) is 11.1 Å². The van der Waals surface area contributed by atoms with Crippen molar-refractivity contribution in [1.29, 1.82) is 0 Å². The van der Waals surface area contributed by atoms with Crippen LogP contribution in [0.3, 0.4) is 0 Å². The fourth-order valence-corrected chi connectivity index (χ4v) is 1.77. The first-order chi connectivity index (χ1) is 7.13. The van der Waals surface area contributed by atoms with E-state index in [-0.39, 0.29) is 0 Å². The van der Waals surface area contributed by atoms with Crippen molar-refractivity contribution in [3.63, 3.8) is 0 Å². The number of rotatable bonds is 4. The van der Waals surface area contributed by atoms with Crippen LogP contribution in [0.25, 0.3) is 5.57 Å². The van der Waals surface area contributed by atoms with Crippen LogP contribution in [0.2, 0.25) is 0 Å². The lowest BCUT2D eigenvalue weighted by Gasteiger charge is -2.13. The zero-order chi connectivity index (χ0) is 11.4. The molecule has 1 N–H and O–H groups in total. The van der Waals surface area contributed by atoms with E-state index in [1.54, 1.807) is 0 Å². The quantitative estimate of drug-likeness (QED) is 0.787. The molecule has 15 heavy (non-hydrogen) atoms. The lowest BCUT2D eigenvalue weighted by molar-refractivity contribution is 0.468. The summed E-state index contributed by atoms with van der Waals surface area (Å²) in [5, 5.41) is 9.77. The predicted molar refractivity (Wildman–Crippen MR) is 66.2 cm³/mol. The lowest BCUT2D eigenvalue weighted by atomic mass is 9.94. The van der Waals surface area contributed by atoms with Gasteiger partial charge in [-0.1, -0.05) is 27.4 Å². The van der Waals surface area contributed by atoms with Gasteiger partial charge in [0.05, 0.1) is 0 Å². The van der Waals surface area contributed by atoms with Gasteiger partial charge < -0.3 is 5.11 Å². The summed E-state index contributed by atoms with van der Waals surface area (Å²) in [6.45, 7) is 10.3. The Morgan fingerprint density at radius 2 is 1.73 bits per heavy atom. The van der Waals surface area contributed by atoms with Crippen LogP contribution < -0.4 is 0 Å². The molecule has 0 aromatic heterocycles. The average molecular weight is 204 g/mol. The third-order valence-corrected chi connectivity index (χ3v) is 2.87. The van der Waals surface area contributed by atoms with Gasteiger partial charge in [-0.25, -0.2) is 0 Å². The number of phenols is 1. The molecule has 0 radical (unpaired) electrons. The Labute approximate surface area is 92.5 Å². The molecule has 0 aliphatic heterocycles. The SMILES string of the molecule is C=C(CC)c1cc(CC)c(O)cc1CC. The Kier molecular flexibility index (Phi) is 3.96. The Hall–Kier alpha value is -1.24. The second-order valence-corrected chi connectivity index (χ2v) is 3.80. The minimum Gasteiger partial charge on any atom is -0.508 e. The summed E-state index contributed by atoms with van der Waals surface area (Å²) in [7, 11) is 0. The van der Waals surface area contributed by atoms with Crippen LogP contribution in [0.4, 0.5) is 0 Å². The van der Waals surface area contributed by atoms with Gasteiger partial charge in [-0.2, -0.15) is 0 Å². The molecule has 1 rings (SSSR count). The Balaban J connectivity index is 3.28. The molecule has 0 saturated carbocycles. The van der Waals surface area contributed by atoms with Gasteiger partial charge in [0.1, 0.15) is 5.75 Å². The maximum absolute atomic E-state index is 9.77. The van der Waals surface area contributed by atoms with E-state index < -0.39 is 0 Å². The number of allylic oxidation sites excluding steroid dienone is 1. The van der Waals surface area contributed by atoms with Crippen molar-refractivity contribution in [1.82, 2.24) is 0 Å². The molecule has 0 aliphatic carbocycles. The lowest BCUT2D eigenvalue weighted by Crippen LogP contribution is -1.94. The summed E-state index contributed by atoms with van der Waals surface area (Å²) in [5.41, 5.74) is 4.57. The highest BCUT2D eigenvalue weighted by Crippen LogP contribution is 2.28. The zero-order valence-electron chi connectivity index (χ0n) is 9.93. The second-order valence-electron chi connectivity index (χ2n) is 3.80. The van der Waals surface area contributed by atoms with Gasteiger partial charge in [0.15, 0.2) is 0 Å². The second kappa shape index (κ2) is 5.01. The standard InChI is InChI=1S/C14H20O/c1-5-10(4)13-8-12(7-3)14(15)9-11(13)6-2/h8-9,15H,4-7H2,1-3H3. The highest BCUT2D eigenvalue weighted by molar-refractivity contribution is 5.68. The molecular formula is C14H20O. The van der Waals surface area contributed by atoms with Crippen LogP contribution >= 0.6 is 0 Å². The molecule has 0 spiro atoms. The van der Waals surface area contributed by atoms with Gasteiger partial charge in [0.25, 0.3) is 0 Å². The maximum Gasteiger partial charge on any atom is 0.119 e. The van der Waals surface area contributed by atoms with Gasteiger partial charge in [-0.15, -0.1) is 0 Å². The van der Waals surface area contributed by atoms with E-state index in [4.69, 9.17) is 0 Å². The summed E-state index contributed by atoms with van der Waals surface area (Å²) in [6, 6.07) is 3.97. The molecule has 1 nitrogen and oxygen atoms in total. The topological polar surface area (TPSA) is 20.2 Å². The van der Waals surface area contributed by atoms with Crippen molar-refractivity contribution in [2.45, 2.75) is 40.0 Å². The van der Waals surface area contributed by atoms with E-state index in [9.17, 15) is 5.11 Å². The Morgan fingerprint density at radius 3 is 2.20 bits per heavy atom. The van der Waals surface area contributed by atoms with Crippen LogP contribution in [-0.4, -0.2) is 5.11 Å². The highest BCUT2D eigenvalue weighted by Gasteiger charge is 2.08. The van der Waals surface area contributed by atoms with Crippen molar-refractivity contribution in [3.8, 4) is 5.75 Å². The van der Waals surface area contributed by atoms with E-state index in [0.717, 1.165) is 30.4 Å². The van der Waals surface area contributed by atoms with Gasteiger partial charge in [0, 0.05) is 0 Å². The largest absolute Gasteiger partial charge is 0.508 e. The van der Waals surface area contributed by atoms with Crippen molar-refractivity contribution in [2.24, 2.45) is 0 Å². The molecule has 1 heteroatoms. The number of phenolic OH excluding ortho intramolecular Hbond substituents is 1. The van der Waals surface area contributed by atoms with Gasteiger partial charge in [-0.05, 0) is 53.7 Å². The van der Waals surface area contributed by atoms with Crippen LogP contribution in [0.15, 0.2) is 18.7 Å². The number of aromatic hydroxyl groups is 1. The van der Waals surface area contributed by atoms with Crippen molar-refractivity contribution in [2.75, 3.05) is 0 Å². The van der Waals surface area contributed by atoms with E-state index in [0.29, 0.717) is 5.75 Å². The minimum absolute atomic E-state index is 0.419.